The molecule has 12 heteroatoms. The van der Waals surface area contributed by atoms with Gasteiger partial charge < -0.3 is 10.1 Å². The molecule has 10 nitrogen and oxygen atoms in total. The van der Waals surface area contributed by atoms with Crippen LogP contribution in [0.25, 0.3) is 17.0 Å². The number of carbonyl (C=O) groups excluding carboxylic acids is 1. The number of ether oxygens (including phenoxy) is 1. The van der Waals surface area contributed by atoms with Gasteiger partial charge in [-0.05, 0) is 68.0 Å². The Morgan fingerprint density at radius 3 is 2.64 bits per heavy atom. The number of hydrogen-bond acceptors (Lipinski definition) is 8. The summed E-state index contributed by atoms with van der Waals surface area (Å²) in [4.78, 5) is 23.0. The molecule has 4 aromatic heterocycles. The number of anilines is 2. The van der Waals surface area contributed by atoms with Crippen LogP contribution >= 0.6 is 24.8 Å². The zero-order chi connectivity index (χ0) is 23.0. The van der Waals surface area contributed by atoms with Crippen molar-refractivity contribution in [3.63, 3.8) is 0 Å². The summed E-state index contributed by atoms with van der Waals surface area (Å²) in [5.41, 5.74) is 1.97. The molecule has 1 spiro atoms. The van der Waals surface area contributed by atoms with Gasteiger partial charge in [0.1, 0.15) is 17.1 Å². The van der Waals surface area contributed by atoms with Crippen LogP contribution in [-0.4, -0.2) is 54.6 Å². The van der Waals surface area contributed by atoms with Crippen molar-refractivity contribution in [3.05, 3.63) is 61.1 Å². The van der Waals surface area contributed by atoms with Gasteiger partial charge in [0.25, 0.3) is 0 Å². The van der Waals surface area contributed by atoms with Crippen LogP contribution in [0.1, 0.15) is 25.7 Å². The van der Waals surface area contributed by atoms with Crippen molar-refractivity contribution in [2.75, 3.05) is 23.3 Å². The Morgan fingerprint density at radius 2 is 1.89 bits per heavy atom. The second kappa shape index (κ2) is 10.6. The number of halogens is 2. The molecule has 2 aliphatic rings. The number of aromatic nitrogens is 6. The van der Waals surface area contributed by atoms with Crippen LogP contribution in [0.5, 0.6) is 0 Å². The molecular weight excluding hydrogens is 503 g/mol. The lowest BCUT2D eigenvalue weighted by Crippen LogP contribution is -2.39. The van der Waals surface area contributed by atoms with Crippen molar-refractivity contribution in [1.82, 2.24) is 29.8 Å². The predicted molar refractivity (Wildman–Crippen MR) is 140 cm³/mol. The lowest BCUT2D eigenvalue weighted by atomic mass is 9.78. The van der Waals surface area contributed by atoms with Gasteiger partial charge in [-0.25, -0.2) is 14.3 Å². The molecule has 0 bridgehead atoms. The van der Waals surface area contributed by atoms with Crippen molar-refractivity contribution in [2.24, 2.45) is 5.92 Å². The van der Waals surface area contributed by atoms with E-state index in [0.717, 1.165) is 55.1 Å². The molecule has 1 aliphatic carbocycles. The fourth-order valence-corrected chi connectivity index (χ4v) is 4.77. The van der Waals surface area contributed by atoms with E-state index in [1.54, 1.807) is 33.9 Å². The van der Waals surface area contributed by atoms with Crippen molar-refractivity contribution >= 4 is 48.2 Å². The summed E-state index contributed by atoms with van der Waals surface area (Å²) in [5, 5.41) is 16.1. The van der Waals surface area contributed by atoms with Gasteiger partial charge in [-0.15, -0.1) is 35.0 Å². The molecule has 1 amide bonds. The Kier molecular flexibility index (Phi) is 7.56. The molecule has 1 saturated heterocycles. The second-order valence-electron chi connectivity index (χ2n) is 8.91. The van der Waals surface area contributed by atoms with Gasteiger partial charge in [0.05, 0.1) is 18.4 Å². The Labute approximate surface area is 220 Å². The molecule has 1 aliphatic heterocycles. The highest BCUT2D eigenvalue weighted by molar-refractivity contribution is 5.89. The van der Waals surface area contributed by atoms with Crippen LogP contribution < -0.4 is 10.2 Å². The molecule has 188 valence electrons. The van der Waals surface area contributed by atoms with Crippen LogP contribution in [-0.2, 0) is 4.74 Å². The van der Waals surface area contributed by atoms with Gasteiger partial charge >= 0.3 is 6.09 Å². The maximum atomic E-state index is 12.4. The summed E-state index contributed by atoms with van der Waals surface area (Å²) in [5.74, 6) is 1.83. The van der Waals surface area contributed by atoms with Crippen LogP contribution in [0.2, 0.25) is 0 Å². The average molecular weight is 529 g/mol. The summed E-state index contributed by atoms with van der Waals surface area (Å²) < 4.78 is 7.61. The monoisotopic (exact) mass is 528 g/mol. The van der Waals surface area contributed by atoms with Gasteiger partial charge in [-0.3, -0.25) is 9.88 Å². The van der Waals surface area contributed by atoms with E-state index in [0.29, 0.717) is 18.3 Å². The zero-order valence-electron chi connectivity index (χ0n) is 19.4. The Bertz CT molecular complexity index is 1310. The summed E-state index contributed by atoms with van der Waals surface area (Å²) in [7, 11) is 0. The number of nitrogens with one attached hydrogen (secondary N) is 1. The molecule has 5 heterocycles. The molecule has 2 fully saturated rings. The van der Waals surface area contributed by atoms with Crippen LogP contribution in [0.3, 0.4) is 0 Å². The van der Waals surface area contributed by atoms with Crippen molar-refractivity contribution in [1.29, 1.82) is 0 Å². The molecule has 0 radical (unpaired) electrons. The Hall–Kier alpha value is -3.50. The van der Waals surface area contributed by atoms with E-state index in [1.807, 2.05) is 36.5 Å². The Morgan fingerprint density at radius 1 is 1.03 bits per heavy atom. The third kappa shape index (κ3) is 5.05. The van der Waals surface area contributed by atoms with Gasteiger partial charge in [0, 0.05) is 18.9 Å². The van der Waals surface area contributed by atoms with Gasteiger partial charge in [-0.2, -0.15) is 5.10 Å². The van der Waals surface area contributed by atoms with E-state index in [2.05, 4.69) is 30.6 Å². The first-order valence-corrected chi connectivity index (χ1v) is 11.5. The molecular formula is C24H26Cl2N8O2. The lowest BCUT2D eigenvalue weighted by Gasteiger charge is -2.35. The van der Waals surface area contributed by atoms with Gasteiger partial charge in [0.2, 0.25) is 0 Å². The number of carbonyl (C=O) groups is 1. The smallest absolute Gasteiger partial charge is 0.416 e. The SMILES string of the molecule is Cl.Cl.O=C1O[C@]2(CC[C@H](CNc3ccc4nc(-c5ccccn5)cn4n3)CC2)CN1c1cccnn1. The highest BCUT2D eigenvalue weighted by Crippen LogP contribution is 2.40. The topological polar surface area (TPSA) is 110 Å². The number of hydrogen-bond donors (Lipinski definition) is 1. The fourth-order valence-electron chi connectivity index (χ4n) is 4.77. The van der Waals surface area contributed by atoms with Crippen LogP contribution in [0.4, 0.5) is 16.4 Å². The minimum atomic E-state index is -0.430. The summed E-state index contributed by atoms with van der Waals surface area (Å²) >= 11 is 0. The van der Waals surface area contributed by atoms with E-state index in [4.69, 9.17) is 4.74 Å². The first-order valence-electron chi connectivity index (χ1n) is 11.5. The standard InChI is InChI=1S/C24H24N8O2.2ClH/c33-23-31(22-5-3-13-27-29-22)16-24(34-23)10-8-17(9-11-24)14-26-20-6-7-21-28-19(15-32(21)30-20)18-4-1-2-12-25-18;;/h1-7,12-13,15,17H,8-11,14,16H2,(H,26,30);2*1H/t17-,24-;;. The van der Waals surface area contributed by atoms with Crippen molar-refractivity contribution in [3.8, 4) is 11.4 Å². The number of imidazole rings is 1. The minimum Gasteiger partial charge on any atom is -0.441 e. The van der Waals surface area contributed by atoms with Crippen molar-refractivity contribution in [2.45, 2.75) is 31.3 Å². The number of pyridine rings is 1. The molecule has 1 N–H and O–H groups in total. The summed E-state index contributed by atoms with van der Waals surface area (Å²) in [6.45, 7) is 1.35. The number of nitrogens with zero attached hydrogens (tertiary/aromatic N) is 7. The normalized spacial score (nSPS) is 21.1. The minimum absolute atomic E-state index is 0. The quantitative estimate of drug-likeness (QED) is 0.405. The molecule has 0 unspecified atom stereocenters. The van der Waals surface area contributed by atoms with Crippen LogP contribution in [0, 0.1) is 5.92 Å². The summed E-state index contributed by atoms with van der Waals surface area (Å²) in [6, 6.07) is 13.2. The third-order valence-corrected chi connectivity index (χ3v) is 6.64. The molecule has 0 atom stereocenters. The second-order valence-corrected chi connectivity index (χ2v) is 8.91. The van der Waals surface area contributed by atoms with E-state index in [-0.39, 0.29) is 30.9 Å². The van der Waals surface area contributed by atoms with E-state index in [1.165, 1.54) is 0 Å². The maximum absolute atomic E-state index is 12.4. The highest BCUT2D eigenvalue weighted by atomic mass is 35.5. The summed E-state index contributed by atoms with van der Waals surface area (Å²) in [6.07, 6.45) is 8.54. The maximum Gasteiger partial charge on any atom is 0.416 e. The number of fused-ring (bicyclic) bond motifs is 1. The first kappa shape index (κ1) is 25.6. The predicted octanol–water partition coefficient (Wildman–Crippen LogP) is 4.42. The van der Waals surface area contributed by atoms with Gasteiger partial charge in [0.15, 0.2) is 11.5 Å². The third-order valence-electron chi connectivity index (χ3n) is 6.64. The molecule has 6 rings (SSSR count). The van der Waals surface area contributed by atoms with Gasteiger partial charge in [-0.1, -0.05) is 6.07 Å². The number of amides is 1. The fraction of sp³-hybridized carbons (Fsp3) is 0.333. The van der Waals surface area contributed by atoms with Crippen LogP contribution in [0.15, 0.2) is 61.1 Å². The van der Waals surface area contributed by atoms with E-state index < -0.39 is 5.60 Å². The largest absolute Gasteiger partial charge is 0.441 e. The van der Waals surface area contributed by atoms with E-state index in [9.17, 15) is 4.79 Å². The first-order chi connectivity index (χ1) is 16.7. The Balaban J connectivity index is 0.00000152. The zero-order valence-corrected chi connectivity index (χ0v) is 21.0. The van der Waals surface area contributed by atoms with Crippen molar-refractivity contribution < 1.29 is 9.53 Å². The average Bonchev–Trinajstić information content (AvgIpc) is 3.45. The lowest BCUT2D eigenvalue weighted by molar-refractivity contribution is 0.0148. The molecule has 0 aromatic carbocycles. The highest BCUT2D eigenvalue weighted by Gasteiger charge is 2.48. The van der Waals surface area contributed by atoms with E-state index >= 15 is 0 Å². The molecule has 36 heavy (non-hydrogen) atoms. The number of rotatable bonds is 5. The molecule has 4 aromatic rings. The molecule has 1 saturated carbocycles.